The molecule has 21 heavy (non-hydrogen) atoms. The van der Waals surface area contributed by atoms with Crippen molar-refractivity contribution in [2.45, 2.75) is 32.6 Å². The summed E-state index contributed by atoms with van der Waals surface area (Å²) in [6.07, 6.45) is 4.28. The molecule has 1 aliphatic rings. The largest absolute Gasteiger partial charge is 0.397 e. The molecule has 4 nitrogen and oxygen atoms in total. The van der Waals surface area contributed by atoms with E-state index in [-0.39, 0.29) is 5.91 Å². The van der Waals surface area contributed by atoms with Crippen LogP contribution >= 0.6 is 11.6 Å². The van der Waals surface area contributed by atoms with Crippen molar-refractivity contribution in [3.05, 3.63) is 23.2 Å². The van der Waals surface area contributed by atoms with Crippen molar-refractivity contribution in [1.29, 1.82) is 0 Å². The number of carbonyl (C=O) groups excluding carboxylic acids is 1. The minimum Gasteiger partial charge on any atom is -0.397 e. The topological polar surface area (TPSA) is 58.4 Å². The third-order valence-corrected chi connectivity index (χ3v) is 4.36. The number of anilines is 2. The average Bonchev–Trinajstić information content (AvgIpc) is 2.48. The molecule has 0 saturated carbocycles. The molecule has 0 aliphatic carbocycles. The molecule has 1 atom stereocenters. The van der Waals surface area contributed by atoms with Gasteiger partial charge in [-0.15, -0.1) is 0 Å². The van der Waals surface area contributed by atoms with Crippen LogP contribution in [0.3, 0.4) is 0 Å². The highest BCUT2D eigenvalue weighted by Crippen LogP contribution is 2.23. The summed E-state index contributed by atoms with van der Waals surface area (Å²) in [6, 6.07) is 5.11. The van der Waals surface area contributed by atoms with E-state index >= 15 is 0 Å². The number of nitrogens with one attached hydrogen (secondary N) is 1. The number of hydrogen-bond donors (Lipinski definition) is 2. The maximum atomic E-state index is 12.0. The predicted octanol–water partition coefficient (Wildman–Crippen LogP) is 3.37. The van der Waals surface area contributed by atoms with E-state index in [0.717, 1.165) is 25.6 Å². The van der Waals surface area contributed by atoms with Crippen LogP contribution in [0.15, 0.2) is 18.2 Å². The highest BCUT2D eigenvalue weighted by Gasteiger charge is 2.18. The normalized spacial score (nSPS) is 19.4. The molecule has 1 fully saturated rings. The molecular weight excluding hydrogens is 286 g/mol. The molecule has 116 valence electrons. The van der Waals surface area contributed by atoms with Crippen LogP contribution in [0.4, 0.5) is 11.4 Å². The van der Waals surface area contributed by atoms with Crippen LogP contribution in [0.2, 0.25) is 5.02 Å². The zero-order valence-electron chi connectivity index (χ0n) is 12.6. The molecule has 0 spiro atoms. The van der Waals surface area contributed by atoms with Gasteiger partial charge in [-0.05, 0) is 43.5 Å². The van der Waals surface area contributed by atoms with Gasteiger partial charge >= 0.3 is 0 Å². The van der Waals surface area contributed by atoms with Gasteiger partial charge in [-0.1, -0.05) is 24.9 Å². The Hall–Kier alpha value is -1.26. The highest BCUT2D eigenvalue weighted by atomic mass is 35.5. The second kappa shape index (κ2) is 7.66. The molecule has 1 aromatic rings. The van der Waals surface area contributed by atoms with Crippen molar-refractivity contribution in [2.24, 2.45) is 5.92 Å². The van der Waals surface area contributed by atoms with Gasteiger partial charge in [-0.2, -0.15) is 0 Å². The van der Waals surface area contributed by atoms with Crippen molar-refractivity contribution >= 4 is 28.9 Å². The van der Waals surface area contributed by atoms with E-state index in [0.29, 0.717) is 22.8 Å². The fourth-order valence-corrected chi connectivity index (χ4v) is 2.99. The van der Waals surface area contributed by atoms with Gasteiger partial charge in [0.2, 0.25) is 5.91 Å². The predicted molar refractivity (Wildman–Crippen MR) is 88.6 cm³/mol. The number of rotatable bonds is 5. The van der Waals surface area contributed by atoms with Crippen molar-refractivity contribution in [1.82, 2.24) is 4.90 Å². The molecule has 3 N–H and O–H groups in total. The number of amides is 1. The first-order valence-corrected chi connectivity index (χ1v) is 8.03. The Balaban J connectivity index is 1.79. The van der Waals surface area contributed by atoms with Crippen LogP contribution in [0.5, 0.6) is 0 Å². The van der Waals surface area contributed by atoms with Gasteiger partial charge in [0.1, 0.15) is 0 Å². The van der Waals surface area contributed by atoms with E-state index in [9.17, 15) is 4.79 Å². The van der Waals surface area contributed by atoms with Crippen LogP contribution in [-0.4, -0.2) is 30.4 Å². The fourth-order valence-electron chi connectivity index (χ4n) is 2.81. The Bertz CT molecular complexity index is 492. The summed E-state index contributed by atoms with van der Waals surface area (Å²) in [6.45, 7) is 5.28. The second-order valence-corrected chi connectivity index (χ2v) is 6.18. The smallest absolute Gasteiger partial charge is 0.225 e. The number of piperidine rings is 1. The fraction of sp³-hybridized carbons (Fsp3) is 0.562. The van der Waals surface area contributed by atoms with E-state index in [1.807, 2.05) is 0 Å². The van der Waals surface area contributed by atoms with Gasteiger partial charge in [0, 0.05) is 24.5 Å². The van der Waals surface area contributed by atoms with Crippen LogP contribution in [-0.2, 0) is 4.79 Å². The van der Waals surface area contributed by atoms with E-state index in [4.69, 9.17) is 17.3 Å². The summed E-state index contributed by atoms with van der Waals surface area (Å²) in [5.74, 6) is 0.788. The number of carbonyl (C=O) groups is 1. The van der Waals surface area contributed by atoms with Crippen molar-refractivity contribution in [2.75, 3.05) is 30.7 Å². The molecule has 1 saturated heterocycles. The first kappa shape index (κ1) is 16.1. The monoisotopic (exact) mass is 309 g/mol. The van der Waals surface area contributed by atoms with E-state index in [1.165, 1.54) is 19.3 Å². The first-order chi connectivity index (χ1) is 10.1. The number of nitrogen functional groups attached to an aromatic ring is 1. The Morgan fingerprint density at radius 3 is 3.05 bits per heavy atom. The van der Waals surface area contributed by atoms with Crippen LogP contribution in [0, 0.1) is 5.92 Å². The number of hydrogen-bond acceptors (Lipinski definition) is 3. The minimum absolute atomic E-state index is 0.00245. The number of nitrogens with two attached hydrogens (primary N) is 1. The van der Waals surface area contributed by atoms with E-state index in [2.05, 4.69) is 17.1 Å². The first-order valence-electron chi connectivity index (χ1n) is 7.65. The Labute approximate surface area is 131 Å². The summed E-state index contributed by atoms with van der Waals surface area (Å²) in [5, 5.41) is 3.43. The van der Waals surface area contributed by atoms with Gasteiger partial charge in [-0.3, -0.25) is 4.79 Å². The Kier molecular flexibility index (Phi) is 5.88. The maximum Gasteiger partial charge on any atom is 0.225 e. The second-order valence-electron chi connectivity index (χ2n) is 5.75. The summed E-state index contributed by atoms with van der Waals surface area (Å²) in [7, 11) is 0. The van der Waals surface area contributed by atoms with Crippen LogP contribution in [0.25, 0.3) is 0 Å². The average molecular weight is 310 g/mol. The van der Waals surface area contributed by atoms with Crippen LogP contribution in [0.1, 0.15) is 32.6 Å². The van der Waals surface area contributed by atoms with Gasteiger partial charge in [0.05, 0.1) is 11.4 Å². The lowest BCUT2D eigenvalue weighted by Gasteiger charge is -2.32. The molecule has 1 heterocycles. The Morgan fingerprint density at radius 2 is 2.33 bits per heavy atom. The number of benzene rings is 1. The zero-order valence-corrected chi connectivity index (χ0v) is 13.3. The third-order valence-electron chi connectivity index (χ3n) is 4.12. The summed E-state index contributed by atoms with van der Waals surface area (Å²) in [5.41, 5.74) is 6.97. The molecule has 1 aliphatic heterocycles. The summed E-state index contributed by atoms with van der Waals surface area (Å²) >= 11 is 5.84. The maximum absolute atomic E-state index is 12.0. The number of halogens is 1. The molecule has 0 aromatic heterocycles. The Morgan fingerprint density at radius 1 is 1.52 bits per heavy atom. The number of likely N-dealkylation sites (tertiary alicyclic amines) is 1. The molecule has 0 bridgehead atoms. The van der Waals surface area contributed by atoms with E-state index in [1.54, 1.807) is 18.2 Å². The van der Waals surface area contributed by atoms with Crippen LogP contribution < -0.4 is 11.1 Å². The molecular formula is C16H24ClN3O. The molecule has 5 heteroatoms. The summed E-state index contributed by atoms with van der Waals surface area (Å²) < 4.78 is 0. The van der Waals surface area contributed by atoms with Crippen molar-refractivity contribution < 1.29 is 4.79 Å². The third kappa shape index (κ3) is 4.90. The van der Waals surface area contributed by atoms with E-state index < -0.39 is 0 Å². The molecule has 1 amide bonds. The standard InChI is InChI=1S/C16H24ClN3O/c1-2-12-4-3-8-20(11-12)9-7-16(21)19-15-6-5-13(17)10-14(15)18/h5-6,10,12H,2-4,7-9,11,18H2,1H3,(H,19,21). The van der Waals surface area contributed by atoms with Crippen molar-refractivity contribution in [3.8, 4) is 0 Å². The number of nitrogens with zero attached hydrogens (tertiary/aromatic N) is 1. The van der Waals surface area contributed by atoms with Crippen molar-refractivity contribution in [3.63, 3.8) is 0 Å². The summed E-state index contributed by atoms with van der Waals surface area (Å²) in [4.78, 5) is 14.4. The lowest BCUT2D eigenvalue weighted by molar-refractivity contribution is -0.116. The minimum atomic E-state index is 0.00245. The molecule has 1 unspecified atom stereocenters. The quantitative estimate of drug-likeness (QED) is 0.820. The van der Waals surface area contributed by atoms with Gasteiger partial charge in [0.15, 0.2) is 0 Å². The lowest BCUT2D eigenvalue weighted by Crippen LogP contribution is -2.37. The molecule has 0 radical (unpaired) electrons. The van der Waals surface area contributed by atoms with Gasteiger partial charge < -0.3 is 16.0 Å². The van der Waals surface area contributed by atoms with Gasteiger partial charge in [-0.25, -0.2) is 0 Å². The SMILES string of the molecule is CCC1CCCN(CCC(=O)Nc2ccc(Cl)cc2N)C1. The zero-order chi connectivity index (χ0) is 15.2. The molecule has 1 aromatic carbocycles. The lowest BCUT2D eigenvalue weighted by atomic mass is 9.95. The van der Waals surface area contributed by atoms with Gasteiger partial charge in [0.25, 0.3) is 0 Å². The molecule has 2 rings (SSSR count). The highest BCUT2D eigenvalue weighted by molar-refractivity contribution is 6.31.